The number of methoxy groups -OCH3 is 1. The number of hydrogen-bond donors (Lipinski definition) is 1. The van der Waals surface area contributed by atoms with Crippen molar-refractivity contribution in [2.24, 2.45) is 0 Å². The number of carboxylic acids is 1. The molecule has 1 aliphatic heterocycles. The van der Waals surface area contributed by atoms with Crippen LogP contribution in [-0.4, -0.2) is 38.1 Å². The molecule has 1 aliphatic rings. The quantitative estimate of drug-likeness (QED) is 0.906. The summed E-state index contributed by atoms with van der Waals surface area (Å²) in [5.74, 6) is -1.05. The standard InChI is InChI=1S/C16H16N2O5S/c1-10-8-14(15(23-2)17-9-10)24(21,22)18-7-6-11-12(16(19)20)4-3-5-13(11)18/h3-5,8-9H,6-7H2,1-2H3,(H,19,20). The molecule has 0 unspecified atom stereocenters. The first kappa shape index (κ1) is 16.3. The lowest BCUT2D eigenvalue weighted by molar-refractivity contribution is 0.0696. The average molecular weight is 348 g/mol. The number of pyridine rings is 1. The van der Waals surface area contributed by atoms with Crippen LogP contribution in [0.3, 0.4) is 0 Å². The van der Waals surface area contributed by atoms with E-state index in [4.69, 9.17) is 4.74 Å². The highest BCUT2D eigenvalue weighted by molar-refractivity contribution is 7.93. The number of carbonyl (C=O) groups is 1. The van der Waals surface area contributed by atoms with Gasteiger partial charge >= 0.3 is 5.97 Å². The molecule has 0 bridgehead atoms. The Morgan fingerprint density at radius 2 is 2.12 bits per heavy atom. The predicted molar refractivity (Wildman–Crippen MR) is 87.2 cm³/mol. The molecular weight excluding hydrogens is 332 g/mol. The van der Waals surface area contributed by atoms with Crippen molar-refractivity contribution in [3.8, 4) is 5.88 Å². The predicted octanol–water partition coefficient (Wildman–Crippen LogP) is 1.85. The van der Waals surface area contributed by atoms with Crippen LogP contribution in [0.5, 0.6) is 5.88 Å². The maximum Gasteiger partial charge on any atom is 0.336 e. The molecule has 1 aromatic carbocycles. The van der Waals surface area contributed by atoms with E-state index in [9.17, 15) is 18.3 Å². The summed E-state index contributed by atoms with van der Waals surface area (Å²) in [7, 11) is -2.55. The monoisotopic (exact) mass is 348 g/mol. The van der Waals surface area contributed by atoms with Crippen molar-refractivity contribution in [3.63, 3.8) is 0 Å². The molecule has 0 fully saturated rings. The van der Waals surface area contributed by atoms with Crippen LogP contribution in [0, 0.1) is 6.92 Å². The van der Waals surface area contributed by atoms with Crippen LogP contribution < -0.4 is 9.04 Å². The second-order valence-corrected chi connectivity index (χ2v) is 7.29. The third kappa shape index (κ3) is 2.48. The van der Waals surface area contributed by atoms with Gasteiger partial charge in [0.2, 0.25) is 5.88 Å². The number of aryl methyl sites for hydroxylation is 1. The molecule has 0 aliphatic carbocycles. The van der Waals surface area contributed by atoms with E-state index < -0.39 is 16.0 Å². The van der Waals surface area contributed by atoms with Gasteiger partial charge in [0, 0.05) is 12.7 Å². The van der Waals surface area contributed by atoms with Crippen molar-refractivity contribution in [1.82, 2.24) is 4.98 Å². The van der Waals surface area contributed by atoms with Crippen LogP contribution in [-0.2, 0) is 16.4 Å². The van der Waals surface area contributed by atoms with Crippen LogP contribution >= 0.6 is 0 Å². The Balaban J connectivity index is 2.14. The maximum absolute atomic E-state index is 13.1. The Bertz CT molecular complexity index is 924. The maximum atomic E-state index is 13.1. The van der Waals surface area contributed by atoms with Crippen molar-refractivity contribution in [1.29, 1.82) is 0 Å². The van der Waals surface area contributed by atoms with Gasteiger partial charge in [-0.25, -0.2) is 18.2 Å². The molecule has 0 saturated heterocycles. The Labute approximate surface area is 139 Å². The van der Waals surface area contributed by atoms with E-state index in [0.29, 0.717) is 23.2 Å². The molecule has 1 aromatic heterocycles. The van der Waals surface area contributed by atoms with E-state index in [0.717, 1.165) is 0 Å². The van der Waals surface area contributed by atoms with E-state index in [-0.39, 0.29) is 22.9 Å². The zero-order valence-corrected chi connectivity index (χ0v) is 14.0. The largest absolute Gasteiger partial charge is 0.480 e. The number of aromatic nitrogens is 1. The van der Waals surface area contributed by atoms with E-state index in [1.54, 1.807) is 19.1 Å². The molecule has 7 nitrogen and oxygen atoms in total. The Hall–Kier alpha value is -2.61. The van der Waals surface area contributed by atoms with E-state index in [1.165, 1.54) is 29.7 Å². The number of carboxylic acid groups (broad SMARTS) is 1. The van der Waals surface area contributed by atoms with Gasteiger partial charge in [0.25, 0.3) is 10.0 Å². The van der Waals surface area contributed by atoms with Gasteiger partial charge in [-0.3, -0.25) is 4.31 Å². The van der Waals surface area contributed by atoms with Gasteiger partial charge in [-0.15, -0.1) is 0 Å². The SMILES string of the molecule is COc1ncc(C)cc1S(=O)(=O)N1CCc2c(C(=O)O)cccc21. The lowest BCUT2D eigenvalue weighted by Gasteiger charge is -2.21. The zero-order valence-electron chi connectivity index (χ0n) is 13.2. The summed E-state index contributed by atoms with van der Waals surface area (Å²) < 4.78 is 32.4. The average Bonchev–Trinajstić information content (AvgIpc) is 2.99. The highest BCUT2D eigenvalue weighted by Crippen LogP contribution is 2.36. The number of sulfonamides is 1. The minimum atomic E-state index is -3.91. The molecule has 0 spiro atoms. The summed E-state index contributed by atoms with van der Waals surface area (Å²) in [5, 5.41) is 9.28. The number of nitrogens with zero attached hydrogens (tertiary/aromatic N) is 2. The molecule has 24 heavy (non-hydrogen) atoms. The second kappa shape index (κ2) is 5.79. The van der Waals surface area contributed by atoms with Gasteiger partial charge in [-0.1, -0.05) is 6.07 Å². The topological polar surface area (TPSA) is 96.8 Å². The third-order valence-corrected chi connectivity index (χ3v) is 5.74. The van der Waals surface area contributed by atoms with Crippen LogP contribution in [0.4, 0.5) is 5.69 Å². The van der Waals surface area contributed by atoms with Crippen molar-refractivity contribution in [2.75, 3.05) is 18.0 Å². The number of ether oxygens (including phenoxy) is 1. The Morgan fingerprint density at radius 1 is 1.38 bits per heavy atom. The lowest BCUT2D eigenvalue weighted by atomic mass is 10.1. The molecule has 1 N–H and O–H groups in total. The van der Waals surface area contributed by atoms with Crippen molar-refractivity contribution in [3.05, 3.63) is 47.2 Å². The minimum absolute atomic E-state index is 0.0171. The zero-order chi connectivity index (χ0) is 17.5. The number of hydrogen-bond acceptors (Lipinski definition) is 5. The van der Waals surface area contributed by atoms with Crippen molar-refractivity contribution in [2.45, 2.75) is 18.2 Å². The van der Waals surface area contributed by atoms with E-state index in [1.807, 2.05) is 0 Å². The van der Waals surface area contributed by atoms with Crippen LogP contribution in [0.15, 0.2) is 35.4 Å². The summed E-state index contributed by atoms with van der Waals surface area (Å²) in [6.45, 7) is 1.92. The van der Waals surface area contributed by atoms with Crippen molar-refractivity contribution >= 4 is 21.7 Å². The number of aromatic carboxylic acids is 1. The fourth-order valence-corrected chi connectivity index (χ4v) is 4.53. The molecule has 2 heterocycles. The number of rotatable bonds is 4. The number of fused-ring (bicyclic) bond motifs is 1. The molecule has 8 heteroatoms. The van der Waals surface area contributed by atoms with Crippen molar-refractivity contribution < 1.29 is 23.1 Å². The van der Waals surface area contributed by atoms with Gasteiger partial charge in [-0.05, 0) is 42.7 Å². The molecule has 126 valence electrons. The summed E-state index contributed by atoms with van der Waals surface area (Å²) in [4.78, 5) is 15.3. The fourth-order valence-electron chi connectivity index (χ4n) is 2.84. The summed E-state index contributed by atoms with van der Waals surface area (Å²) in [5.41, 5.74) is 1.72. The summed E-state index contributed by atoms with van der Waals surface area (Å²) >= 11 is 0. The first-order valence-corrected chi connectivity index (χ1v) is 8.69. The van der Waals surface area contributed by atoms with Gasteiger partial charge in [0.05, 0.1) is 18.4 Å². The molecule has 0 amide bonds. The summed E-state index contributed by atoms with van der Waals surface area (Å²) in [6, 6.07) is 6.14. The molecule has 0 atom stereocenters. The smallest absolute Gasteiger partial charge is 0.336 e. The molecule has 0 saturated carbocycles. The minimum Gasteiger partial charge on any atom is -0.480 e. The first-order chi connectivity index (χ1) is 11.4. The number of benzene rings is 1. The number of anilines is 1. The fraction of sp³-hybridized carbons (Fsp3) is 0.250. The van der Waals surface area contributed by atoms with Gasteiger partial charge in [0.15, 0.2) is 0 Å². The molecule has 0 radical (unpaired) electrons. The highest BCUT2D eigenvalue weighted by Gasteiger charge is 2.35. The van der Waals surface area contributed by atoms with E-state index >= 15 is 0 Å². The van der Waals surface area contributed by atoms with Gasteiger partial charge in [-0.2, -0.15) is 0 Å². The first-order valence-electron chi connectivity index (χ1n) is 7.25. The van der Waals surface area contributed by atoms with E-state index in [2.05, 4.69) is 4.98 Å². The van der Waals surface area contributed by atoms with Crippen LogP contribution in [0.1, 0.15) is 21.5 Å². The Morgan fingerprint density at radius 3 is 2.79 bits per heavy atom. The molecule has 2 aromatic rings. The van der Waals surface area contributed by atoms with Crippen LogP contribution in [0.25, 0.3) is 0 Å². The second-order valence-electron chi connectivity index (χ2n) is 5.46. The highest BCUT2D eigenvalue weighted by atomic mass is 32.2. The van der Waals surface area contributed by atoms with Gasteiger partial charge in [0.1, 0.15) is 4.90 Å². The van der Waals surface area contributed by atoms with Gasteiger partial charge < -0.3 is 9.84 Å². The normalized spacial score (nSPS) is 13.7. The summed E-state index contributed by atoms with van der Waals surface area (Å²) in [6.07, 6.45) is 1.87. The Kier molecular flexibility index (Phi) is 3.92. The van der Waals surface area contributed by atoms with Crippen LogP contribution in [0.2, 0.25) is 0 Å². The molecule has 3 rings (SSSR count). The molecular formula is C16H16N2O5S. The third-order valence-electron chi connectivity index (χ3n) is 3.93. The lowest BCUT2D eigenvalue weighted by Crippen LogP contribution is -2.29.